The van der Waals surface area contributed by atoms with Gasteiger partial charge >= 0.3 is 0 Å². The molecule has 1 saturated heterocycles. The van der Waals surface area contributed by atoms with Gasteiger partial charge in [0.05, 0.1) is 18.5 Å². The summed E-state index contributed by atoms with van der Waals surface area (Å²) in [6.45, 7) is 1.33. The molecule has 104 valence electrons. The maximum absolute atomic E-state index is 12.7. The van der Waals surface area contributed by atoms with Gasteiger partial charge in [-0.2, -0.15) is 0 Å². The molecule has 3 fully saturated rings. The highest BCUT2D eigenvalue weighted by Crippen LogP contribution is 2.39. The molecule has 3 aliphatic rings. The zero-order valence-electron chi connectivity index (χ0n) is 10.8. The van der Waals surface area contributed by atoms with E-state index in [2.05, 4.69) is 0 Å². The average molecular weight is 273 g/mol. The Labute approximate surface area is 111 Å². The van der Waals surface area contributed by atoms with E-state index in [0.717, 1.165) is 32.1 Å². The smallest absolute Gasteiger partial charge is 0.169 e. The molecule has 0 aromatic rings. The summed E-state index contributed by atoms with van der Waals surface area (Å²) in [7, 11) is -0.819. The Kier molecular flexibility index (Phi) is 3.76. The van der Waals surface area contributed by atoms with Crippen molar-refractivity contribution in [3.05, 3.63) is 0 Å². The molecule has 2 N–H and O–H groups in total. The number of hydrogen-bond donors (Lipinski definition) is 1. The van der Waals surface area contributed by atoms with Crippen LogP contribution < -0.4 is 5.73 Å². The molecule has 0 amide bonds. The van der Waals surface area contributed by atoms with Crippen molar-refractivity contribution in [1.82, 2.24) is 0 Å². The van der Waals surface area contributed by atoms with Crippen molar-refractivity contribution in [2.75, 3.05) is 13.2 Å². The molecule has 4 nitrogen and oxygen atoms in total. The molecule has 3 rings (SSSR count). The SMILES string of the molecule is NC1CCC2(CC1S(=O)C1CCCC1)OCCO2. The van der Waals surface area contributed by atoms with E-state index in [0.29, 0.717) is 18.5 Å². The van der Waals surface area contributed by atoms with Gasteiger partial charge in [-0.1, -0.05) is 12.8 Å². The predicted molar refractivity (Wildman–Crippen MR) is 70.6 cm³/mol. The fraction of sp³-hybridized carbons (Fsp3) is 1.00. The van der Waals surface area contributed by atoms with E-state index in [1.54, 1.807) is 0 Å². The van der Waals surface area contributed by atoms with Crippen LogP contribution in [0.3, 0.4) is 0 Å². The van der Waals surface area contributed by atoms with Crippen LogP contribution in [0.25, 0.3) is 0 Å². The summed E-state index contributed by atoms with van der Waals surface area (Å²) in [6.07, 6.45) is 7.08. The Morgan fingerprint density at radius 3 is 2.44 bits per heavy atom. The molecule has 0 radical (unpaired) electrons. The van der Waals surface area contributed by atoms with Gasteiger partial charge in [0.1, 0.15) is 0 Å². The first-order valence-corrected chi connectivity index (χ1v) is 8.41. The molecule has 3 unspecified atom stereocenters. The Morgan fingerprint density at radius 2 is 1.78 bits per heavy atom. The van der Waals surface area contributed by atoms with E-state index in [1.165, 1.54) is 12.8 Å². The summed E-state index contributed by atoms with van der Waals surface area (Å²) in [5.74, 6) is -0.463. The minimum Gasteiger partial charge on any atom is -0.347 e. The topological polar surface area (TPSA) is 61.6 Å². The fourth-order valence-electron chi connectivity index (χ4n) is 3.51. The Morgan fingerprint density at radius 1 is 1.11 bits per heavy atom. The number of rotatable bonds is 2. The standard InChI is InChI=1S/C13H23NO3S/c14-11-5-6-13(16-7-8-17-13)9-12(11)18(15)10-3-1-2-4-10/h10-12H,1-9,14H2. The molecule has 3 atom stereocenters. The van der Waals surface area contributed by atoms with Crippen LogP contribution in [0.15, 0.2) is 0 Å². The first kappa shape index (κ1) is 13.0. The van der Waals surface area contributed by atoms with Gasteiger partial charge in [0.15, 0.2) is 5.79 Å². The summed E-state index contributed by atoms with van der Waals surface area (Å²) in [6, 6.07) is 0.0462. The van der Waals surface area contributed by atoms with Crippen LogP contribution in [0.1, 0.15) is 44.9 Å². The highest BCUT2D eigenvalue weighted by Gasteiger charge is 2.47. The molecule has 0 aromatic carbocycles. The zero-order chi connectivity index (χ0) is 12.6. The van der Waals surface area contributed by atoms with Crippen molar-refractivity contribution >= 4 is 10.8 Å². The van der Waals surface area contributed by atoms with Crippen LogP contribution in [0, 0.1) is 0 Å². The highest BCUT2D eigenvalue weighted by atomic mass is 32.2. The lowest BCUT2D eigenvalue weighted by Gasteiger charge is -2.40. The van der Waals surface area contributed by atoms with Gasteiger partial charge in [-0.25, -0.2) is 0 Å². The lowest BCUT2D eigenvalue weighted by atomic mass is 9.90. The van der Waals surface area contributed by atoms with Crippen LogP contribution in [0.5, 0.6) is 0 Å². The van der Waals surface area contributed by atoms with Gasteiger partial charge in [-0.3, -0.25) is 4.21 Å². The fourth-order valence-corrected chi connectivity index (χ4v) is 5.71. The molecule has 0 aromatic heterocycles. The molecule has 18 heavy (non-hydrogen) atoms. The predicted octanol–water partition coefficient (Wildman–Crippen LogP) is 1.30. The summed E-state index contributed by atoms with van der Waals surface area (Å²) < 4.78 is 24.2. The molecule has 2 aliphatic carbocycles. The third-order valence-corrected chi connectivity index (χ3v) is 6.83. The maximum atomic E-state index is 12.7. The van der Waals surface area contributed by atoms with Crippen molar-refractivity contribution in [2.45, 2.75) is 67.3 Å². The van der Waals surface area contributed by atoms with Crippen molar-refractivity contribution in [2.24, 2.45) is 5.73 Å². The molecule has 0 bridgehead atoms. The Bertz CT molecular complexity index is 324. The van der Waals surface area contributed by atoms with Crippen molar-refractivity contribution < 1.29 is 13.7 Å². The normalized spacial score (nSPS) is 38.3. The zero-order valence-corrected chi connectivity index (χ0v) is 11.6. The van der Waals surface area contributed by atoms with Crippen molar-refractivity contribution in [3.63, 3.8) is 0 Å². The quantitative estimate of drug-likeness (QED) is 0.824. The van der Waals surface area contributed by atoms with E-state index in [1.807, 2.05) is 0 Å². The van der Waals surface area contributed by atoms with Crippen molar-refractivity contribution in [3.8, 4) is 0 Å². The third kappa shape index (κ3) is 2.38. The van der Waals surface area contributed by atoms with Crippen LogP contribution in [0.4, 0.5) is 0 Å². The summed E-state index contributed by atoms with van der Waals surface area (Å²) in [5.41, 5.74) is 6.19. The van der Waals surface area contributed by atoms with E-state index < -0.39 is 16.6 Å². The average Bonchev–Trinajstić information content (AvgIpc) is 3.04. The minimum atomic E-state index is -0.819. The molecular weight excluding hydrogens is 250 g/mol. The first-order valence-electron chi connectivity index (χ1n) is 7.13. The second kappa shape index (κ2) is 5.19. The summed E-state index contributed by atoms with van der Waals surface area (Å²) >= 11 is 0. The molecule has 1 heterocycles. The molecular formula is C13H23NO3S. The maximum Gasteiger partial charge on any atom is 0.169 e. The largest absolute Gasteiger partial charge is 0.347 e. The third-order valence-electron chi connectivity index (χ3n) is 4.59. The number of nitrogens with two attached hydrogens (primary N) is 1. The monoisotopic (exact) mass is 273 g/mol. The van der Waals surface area contributed by atoms with Crippen LogP contribution in [-0.4, -0.2) is 39.8 Å². The second-order valence-corrected chi connectivity index (χ2v) is 7.72. The van der Waals surface area contributed by atoms with Crippen LogP contribution >= 0.6 is 0 Å². The number of ether oxygens (including phenoxy) is 2. The van der Waals surface area contributed by atoms with E-state index >= 15 is 0 Å². The lowest BCUT2D eigenvalue weighted by molar-refractivity contribution is -0.177. The van der Waals surface area contributed by atoms with Crippen molar-refractivity contribution in [1.29, 1.82) is 0 Å². The molecule has 1 spiro atoms. The summed E-state index contributed by atoms with van der Waals surface area (Å²) in [4.78, 5) is 0. The molecule has 5 heteroatoms. The lowest BCUT2D eigenvalue weighted by Crippen LogP contribution is -2.51. The summed E-state index contributed by atoms with van der Waals surface area (Å²) in [5, 5.41) is 0.414. The second-order valence-electron chi connectivity index (χ2n) is 5.79. The van der Waals surface area contributed by atoms with Gasteiger partial charge in [-0.05, 0) is 19.3 Å². The van der Waals surface area contributed by atoms with Gasteiger partial charge in [-0.15, -0.1) is 0 Å². The highest BCUT2D eigenvalue weighted by molar-refractivity contribution is 7.86. The first-order chi connectivity index (χ1) is 8.70. The van der Waals surface area contributed by atoms with Gasteiger partial charge < -0.3 is 15.2 Å². The molecule has 2 saturated carbocycles. The van der Waals surface area contributed by atoms with Gasteiger partial charge in [0.2, 0.25) is 0 Å². The van der Waals surface area contributed by atoms with E-state index in [4.69, 9.17) is 15.2 Å². The van der Waals surface area contributed by atoms with E-state index in [9.17, 15) is 4.21 Å². The molecule has 1 aliphatic heterocycles. The van der Waals surface area contributed by atoms with Gasteiger partial charge in [0.25, 0.3) is 0 Å². The van der Waals surface area contributed by atoms with Crippen LogP contribution in [0.2, 0.25) is 0 Å². The minimum absolute atomic E-state index is 0.0462. The van der Waals surface area contributed by atoms with Gasteiger partial charge in [0, 0.05) is 34.9 Å². The Hall–Kier alpha value is 0.0300. The number of hydrogen-bond acceptors (Lipinski definition) is 4. The van der Waals surface area contributed by atoms with E-state index in [-0.39, 0.29) is 11.3 Å². The van der Waals surface area contributed by atoms with Crippen LogP contribution in [-0.2, 0) is 20.3 Å². The Balaban J connectivity index is 1.70.